The van der Waals surface area contributed by atoms with Crippen LogP contribution in [0.25, 0.3) is 0 Å². The number of piperidine rings is 1. The Kier molecular flexibility index (Phi) is 4.04. The molecule has 0 bridgehead atoms. The van der Waals surface area contributed by atoms with E-state index in [0.717, 1.165) is 29.3 Å². The number of hydrogen-bond donors (Lipinski definition) is 0. The molecule has 1 aliphatic heterocycles. The molecule has 1 aromatic carbocycles. The Hall–Kier alpha value is -1.55. The molecule has 0 N–H and O–H groups in total. The van der Waals surface area contributed by atoms with Gasteiger partial charge >= 0.3 is 0 Å². The summed E-state index contributed by atoms with van der Waals surface area (Å²) in [5.74, 6) is 0. The quantitative estimate of drug-likeness (QED) is 0.776. The second kappa shape index (κ2) is 5.44. The van der Waals surface area contributed by atoms with Crippen molar-refractivity contribution < 1.29 is 9.90 Å². The average molecular weight is 276 g/mol. The molecule has 0 spiro atoms. The van der Waals surface area contributed by atoms with Gasteiger partial charge in [0.15, 0.2) is 0 Å². The van der Waals surface area contributed by atoms with E-state index in [1.54, 1.807) is 0 Å². The molecule has 110 valence electrons. The fourth-order valence-electron chi connectivity index (χ4n) is 3.14. The van der Waals surface area contributed by atoms with Crippen molar-refractivity contribution in [2.24, 2.45) is 0 Å². The first-order valence-corrected chi connectivity index (χ1v) is 7.21. The molecular weight excluding hydrogens is 252 g/mol. The Balaban J connectivity index is 2.33. The van der Waals surface area contributed by atoms with Crippen LogP contribution in [-0.2, 0) is 0 Å². The van der Waals surface area contributed by atoms with Gasteiger partial charge in [0.05, 0.1) is 27.2 Å². The second-order valence-electron chi connectivity index (χ2n) is 6.53. The molecule has 0 aliphatic carbocycles. The number of carbonyl (C=O) groups is 1. The summed E-state index contributed by atoms with van der Waals surface area (Å²) in [4.78, 5) is 12.7. The topological polar surface area (TPSA) is 43.4 Å². The zero-order valence-electron chi connectivity index (χ0n) is 12.8. The number of quaternary nitrogens is 1. The number of aryl methyl sites for hydroxylation is 1. The molecule has 0 saturated carbocycles. The first-order chi connectivity index (χ1) is 9.30. The smallest absolute Gasteiger partial charge is 0.137 e. The minimum Gasteiger partial charge on any atom is -0.530 e. The van der Waals surface area contributed by atoms with Gasteiger partial charge in [0, 0.05) is 12.1 Å². The normalized spacial score (nSPS) is 20.0. The van der Waals surface area contributed by atoms with Gasteiger partial charge in [-0.15, -0.1) is 0 Å². The summed E-state index contributed by atoms with van der Waals surface area (Å²) in [6, 6.07) is 6.27. The van der Waals surface area contributed by atoms with Gasteiger partial charge in [-0.2, -0.15) is 0 Å². The van der Waals surface area contributed by atoms with Crippen molar-refractivity contribution in [2.75, 3.05) is 27.7 Å². The fourth-order valence-corrected chi connectivity index (χ4v) is 3.14. The van der Waals surface area contributed by atoms with Crippen molar-refractivity contribution in [1.82, 2.24) is 9.38 Å². The lowest BCUT2D eigenvalue weighted by atomic mass is 9.94. The summed E-state index contributed by atoms with van der Waals surface area (Å²) < 4.78 is 0.765. The summed E-state index contributed by atoms with van der Waals surface area (Å²) in [5.41, 5.74) is 3.55. The molecule has 0 radical (unpaired) electrons. The van der Waals surface area contributed by atoms with Gasteiger partial charge in [-0.3, -0.25) is 4.48 Å². The molecule has 1 aliphatic rings. The summed E-state index contributed by atoms with van der Waals surface area (Å²) in [5, 5.41) is 11.3. The highest BCUT2D eigenvalue weighted by Crippen LogP contribution is 2.33. The predicted octanol–water partition coefficient (Wildman–Crippen LogP) is 2.06. The summed E-state index contributed by atoms with van der Waals surface area (Å²) in [7, 11) is 6.41. The molecule has 4 nitrogen and oxygen atoms in total. The number of nitrogens with zero attached hydrogens (tertiary/aromatic N) is 2. The maximum absolute atomic E-state index is 11.3. The first-order valence-electron chi connectivity index (χ1n) is 7.21. The minimum atomic E-state index is -1.05. The number of carbonyl (C=O) groups excluding carboxylic acids is 1. The van der Waals surface area contributed by atoms with Crippen LogP contribution < -0.4 is 9.59 Å². The van der Waals surface area contributed by atoms with Gasteiger partial charge in [0.2, 0.25) is 0 Å². The standard InChI is InChI=1S/C16H24N2O2/c1-12-11-13(8-9-15(12)18(2,3)4)14-7-5-6-10-17(14)16(19)20/h8-9,11,14H,5-7,10H2,1-4H3. The number of rotatable bonds is 2. The van der Waals surface area contributed by atoms with Crippen molar-refractivity contribution in [3.8, 4) is 0 Å². The van der Waals surface area contributed by atoms with E-state index >= 15 is 0 Å². The Labute approximate surface area is 121 Å². The lowest BCUT2D eigenvalue weighted by Gasteiger charge is -2.38. The summed E-state index contributed by atoms with van der Waals surface area (Å²) in [6.07, 6.45) is 1.84. The van der Waals surface area contributed by atoms with Gasteiger partial charge in [-0.1, -0.05) is 6.07 Å². The van der Waals surface area contributed by atoms with Gasteiger partial charge in [-0.05, 0) is 43.9 Å². The lowest BCUT2D eigenvalue weighted by molar-refractivity contribution is -0.269. The molecule has 1 amide bonds. The predicted molar refractivity (Wildman–Crippen MR) is 79.4 cm³/mol. The number of likely N-dealkylation sites (tertiary alicyclic amines) is 1. The average Bonchev–Trinajstić information content (AvgIpc) is 2.37. The van der Waals surface area contributed by atoms with E-state index in [9.17, 15) is 9.90 Å². The number of carboxylic acid groups (broad SMARTS) is 1. The largest absolute Gasteiger partial charge is 0.530 e. The van der Waals surface area contributed by atoms with Crippen LogP contribution in [-0.4, -0.2) is 38.7 Å². The van der Waals surface area contributed by atoms with Crippen molar-refractivity contribution in [1.29, 1.82) is 0 Å². The van der Waals surface area contributed by atoms with Crippen LogP contribution in [0.5, 0.6) is 0 Å². The molecule has 4 heteroatoms. The van der Waals surface area contributed by atoms with E-state index in [-0.39, 0.29) is 6.04 Å². The fraction of sp³-hybridized carbons (Fsp3) is 0.562. The van der Waals surface area contributed by atoms with Gasteiger partial charge in [0.1, 0.15) is 11.8 Å². The van der Waals surface area contributed by atoms with Gasteiger partial charge < -0.3 is 14.8 Å². The van der Waals surface area contributed by atoms with Crippen LogP contribution in [0.15, 0.2) is 18.2 Å². The van der Waals surface area contributed by atoms with Crippen LogP contribution in [0.4, 0.5) is 10.5 Å². The zero-order valence-corrected chi connectivity index (χ0v) is 12.8. The second-order valence-corrected chi connectivity index (χ2v) is 6.53. The third-order valence-electron chi connectivity index (χ3n) is 4.07. The van der Waals surface area contributed by atoms with Gasteiger partial charge in [-0.25, -0.2) is 0 Å². The number of hydrogen-bond acceptors (Lipinski definition) is 2. The molecule has 1 heterocycles. The molecule has 2 rings (SSSR count). The molecule has 1 unspecified atom stereocenters. The Morgan fingerprint density at radius 1 is 1.30 bits per heavy atom. The molecule has 1 aromatic rings. The van der Waals surface area contributed by atoms with E-state index in [1.165, 1.54) is 16.2 Å². The first kappa shape index (κ1) is 14.9. The highest BCUT2D eigenvalue weighted by molar-refractivity contribution is 5.64. The number of benzene rings is 1. The van der Waals surface area contributed by atoms with Gasteiger partial charge in [0.25, 0.3) is 0 Å². The third kappa shape index (κ3) is 2.96. The maximum atomic E-state index is 11.3. The molecule has 1 atom stereocenters. The molecule has 1 saturated heterocycles. The molecule has 20 heavy (non-hydrogen) atoms. The highest BCUT2D eigenvalue weighted by atomic mass is 16.4. The Morgan fingerprint density at radius 2 is 2.00 bits per heavy atom. The Morgan fingerprint density at radius 3 is 2.55 bits per heavy atom. The third-order valence-corrected chi connectivity index (χ3v) is 4.07. The highest BCUT2D eigenvalue weighted by Gasteiger charge is 2.25. The number of amides is 1. The molecule has 1 fully saturated rings. The van der Waals surface area contributed by atoms with Crippen LogP contribution in [0.2, 0.25) is 0 Å². The van der Waals surface area contributed by atoms with Crippen LogP contribution >= 0.6 is 0 Å². The van der Waals surface area contributed by atoms with Crippen LogP contribution in [0, 0.1) is 6.92 Å². The van der Waals surface area contributed by atoms with Crippen molar-refractivity contribution in [2.45, 2.75) is 32.2 Å². The van der Waals surface area contributed by atoms with E-state index in [2.05, 4.69) is 46.3 Å². The molecular formula is C16H24N2O2. The Bertz CT molecular complexity index is 506. The lowest BCUT2D eigenvalue weighted by Crippen LogP contribution is -2.45. The molecule has 0 aromatic heterocycles. The SMILES string of the molecule is Cc1cc(C2CCCCN2C(=O)[O-])ccc1[N+](C)(C)C. The van der Waals surface area contributed by atoms with E-state index in [4.69, 9.17) is 0 Å². The zero-order chi connectivity index (χ0) is 14.9. The van der Waals surface area contributed by atoms with E-state index in [1.807, 2.05) is 0 Å². The maximum Gasteiger partial charge on any atom is 0.137 e. The van der Waals surface area contributed by atoms with E-state index in [0.29, 0.717) is 6.54 Å². The van der Waals surface area contributed by atoms with E-state index < -0.39 is 6.09 Å². The van der Waals surface area contributed by atoms with Crippen molar-refractivity contribution >= 4 is 11.8 Å². The minimum absolute atomic E-state index is 0.0473. The van der Waals surface area contributed by atoms with Crippen molar-refractivity contribution in [3.63, 3.8) is 0 Å². The monoisotopic (exact) mass is 276 g/mol. The van der Waals surface area contributed by atoms with Crippen LogP contribution in [0.3, 0.4) is 0 Å². The summed E-state index contributed by atoms with van der Waals surface area (Å²) >= 11 is 0. The van der Waals surface area contributed by atoms with Crippen LogP contribution in [0.1, 0.15) is 36.4 Å². The van der Waals surface area contributed by atoms with Crippen molar-refractivity contribution in [3.05, 3.63) is 29.3 Å². The summed E-state index contributed by atoms with van der Waals surface area (Å²) in [6.45, 7) is 2.68.